The number of anilines is 1. The third-order valence-corrected chi connectivity index (χ3v) is 8.12. The average molecular weight is 383 g/mol. The summed E-state index contributed by atoms with van der Waals surface area (Å²) >= 11 is 0. The van der Waals surface area contributed by atoms with Crippen molar-refractivity contribution in [3.05, 3.63) is 29.8 Å². The van der Waals surface area contributed by atoms with Gasteiger partial charge in [-0.2, -0.15) is 0 Å². The molecule has 1 aromatic rings. The molecule has 5 rings (SSSR count). The molecule has 152 valence electrons. The van der Waals surface area contributed by atoms with Crippen LogP contribution >= 0.6 is 0 Å². The van der Waals surface area contributed by atoms with E-state index in [0.29, 0.717) is 11.8 Å². The zero-order valence-electron chi connectivity index (χ0n) is 17.2. The first-order chi connectivity index (χ1) is 13.7. The molecule has 0 aromatic heterocycles. The van der Waals surface area contributed by atoms with E-state index in [9.17, 15) is 4.79 Å². The van der Waals surface area contributed by atoms with Crippen molar-refractivity contribution in [1.82, 2.24) is 4.90 Å². The number of ether oxygens (including phenoxy) is 1. The molecule has 4 aliphatic rings. The van der Waals surface area contributed by atoms with Gasteiger partial charge in [-0.15, -0.1) is 0 Å². The smallest absolute Gasteiger partial charge is 0.233 e. The van der Waals surface area contributed by atoms with Crippen LogP contribution in [0.25, 0.3) is 0 Å². The molecule has 1 aromatic carbocycles. The molecule has 1 saturated carbocycles. The van der Waals surface area contributed by atoms with Crippen LogP contribution in [-0.4, -0.2) is 49.2 Å². The summed E-state index contributed by atoms with van der Waals surface area (Å²) < 4.78 is 5.50. The summed E-state index contributed by atoms with van der Waals surface area (Å²) in [6, 6.07) is 10.5. The van der Waals surface area contributed by atoms with Crippen molar-refractivity contribution in [2.24, 2.45) is 5.41 Å². The number of carbonyl (C=O) groups is 1. The van der Waals surface area contributed by atoms with E-state index < -0.39 is 0 Å². The maximum atomic E-state index is 13.1. The Kier molecular flexibility index (Phi) is 4.96. The maximum absolute atomic E-state index is 13.1. The van der Waals surface area contributed by atoms with Crippen LogP contribution in [0.15, 0.2) is 24.3 Å². The number of benzene rings is 1. The number of likely N-dealkylation sites (tertiary alicyclic amines) is 1. The molecule has 28 heavy (non-hydrogen) atoms. The molecule has 1 unspecified atom stereocenters. The van der Waals surface area contributed by atoms with Gasteiger partial charge in [0.2, 0.25) is 5.91 Å². The van der Waals surface area contributed by atoms with Crippen LogP contribution in [0.1, 0.15) is 69.8 Å². The molecule has 3 atom stereocenters. The summed E-state index contributed by atoms with van der Waals surface area (Å²) in [7, 11) is 0. The van der Waals surface area contributed by atoms with Gasteiger partial charge in [-0.3, -0.25) is 9.69 Å². The molecule has 4 fully saturated rings. The molecule has 4 nitrogen and oxygen atoms in total. The lowest BCUT2D eigenvalue weighted by atomic mass is 9.79. The van der Waals surface area contributed by atoms with Crippen LogP contribution in [-0.2, 0) is 9.53 Å². The standard InChI is InChI=1S/C24H34N2O2/c1-18-3-2-13-25(18)22-9-6-20(17-22)19-4-7-21(8-5-19)26-14-10-24(23(26)27)11-15-28-16-12-24/h4-5,7-8,18,20,22H,2-3,6,9-17H2,1H3/t18-,20?,22-/m0/s1. The quantitative estimate of drug-likeness (QED) is 0.780. The minimum absolute atomic E-state index is 0.151. The highest BCUT2D eigenvalue weighted by Crippen LogP contribution is 2.43. The van der Waals surface area contributed by atoms with Gasteiger partial charge in [0.05, 0.1) is 5.41 Å². The first kappa shape index (κ1) is 18.6. The summed E-state index contributed by atoms with van der Waals surface area (Å²) in [6.07, 6.45) is 9.44. The van der Waals surface area contributed by atoms with E-state index in [1.807, 2.05) is 4.90 Å². The largest absolute Gasteiger partial charge is 0.381 e. The fourth-order valence-electron chi connectivity index (χ4n) is 6.28. The van der Waals surface area contributed by atoms with Crippen molar-refractivity contribution < 1.29 is 9.53 Å². The van der Waals surface area contributed by atoms with E-state index in [1.54, 1.807) is 0 Å². The molecular weight excluding hydrogens is 348 g/mol. The number of rotatable bonds is 3. The Labute approximate surface area is 169 Å². The SMILES string of the molecule is C[C@H]1CCCN1[C@H]1CCC(c2ccc(N3CCC4(CCOCC4)C3=O)cc2)C1. The second-order valence-electron chi connectivity index (χ2n) is 9.58. The maximum Gasteiger partial charge on any atom is 0.233 e. The van der Waals surface area contributed by atoms with Crippen LogP contribution < -0.4 is 4.90 Å². The van der Waals surface area contributed by atoms with Gasteiger partial charge in [-0.05, 0) is 88.4 Å². The van der Waals surface area contributed by atoms with Crippen molar-refractivity contribution in [3.8, 4) is 0 Å². The van der Waals surface area contributed by atoms with Crippen molar-refractivity contribution >= 4 is 11.6 Å². The Morgan fingerprint density at radius 1 is 1.00 bits per heavy atom. The minimum Gasteiger partial charge on any atom is -0.381 e. The van der Waals surface area contributed by atoms with Crippen LogP contribution in [0.2, 0.25) is 0 Å². The van der Waals surface area contributed by atoms with Crippen molar-refractivity contribution in [2.75, 3.05) is 31.2 Å². The Hall–Kier alpha value is -1.39. The van der Waals surface area contributed by atoms with Gasteiger partial charge in [0.1, 0.15) is 0 Å². The number of hydrogen-bond acceptors (Lipinski definition) is 3. The van der Waals surface area contributed by atoms with Crippen molar-refractivity contribution in [3.63, 3.8) is 0 Å². The Bertz CT molecular complexity index is 710. The van der Waals surface area contributed by atoms with Gasteiger partial charge in [0, 0.05) is 37.5 Å². The molecule has 0 N–H and O–H groups in total. The second-order valence-corrected chi connectivity index (χ2v) is 9.58. The summed E-state index contributed by atoms with van der Waals surface area (Å²) in [5, 5.41) is 0. The fraction of sp³-hybridized carbons (Fsp3) is 0.708. The first-order valence-electron chi connectivity index (χ1n) is 11.4. The molecule has 0 radical (unpaired) electrons. The number of carbonyl (C=O) groups excluding carboxylic acids is 1. The van der Waals surface area contributed by atoms with E-state index in [1.165, 1.54) is 44.2 Å². The monoisotopic (exact) mass is 382 g/mol. The van der Waals surface area contributed by atoms with Crippen molar-refractivity contribution in [2.45, 2.75) is 76.3 Å². The molecule has 4 heteroatoms. The fourth-order valence-corrected chi connectivity index (χ4v) is 6.28. The third-order valence-electron chi connectivity index (χ3n) is 8.12. The van der Waals surface area contributed by atoms with Crippen molar-refractivity contribution in [1.29, 1.82) is 0 Å². The number of nitrogens with zero attached hydrogens (tertiary/aromatic N) is 2. The molecule has 3 heterocycles. The minimum atomic E-state index is -0.151. The summed E-state index contributed by atoms with van der Waals surface area (Å²) in [6.45, 7) is 6.01. The normalized spacial score (nSPS) is 33.2. The van der Waals surface area contributed by atoms with Gasteiger partial charge >= 0.3 is 0 Å². The topological polar surface area (TPSA) is 32.8 Å². The molecule has 0 bridgehead atoms. The highest BCUT2D eigenvalue weighted by Gasteiger charge is 2.47. The lowest BCUT2D eigenvalue weighted by molar-refractivity contribution is -0.130. The highest BCUT2D eigenvalue weighted by molar-refractivity contribution is 5.99. The summed E-state index contributed by atoms with van der Waals surface area (Å²) in [4.78, 5) is 17.9. The molecule has 1 aliphatic carbocycles. The molecule has 3 saturated heterocycles. The average Bonchev–Trinajstić information content (AvgIpc) is 3.44. The van der Waals surface area contributed by atoms with E-state index in [4.69, 9.17) is 4.74 Å². The lowest BCUT2D eigenvalue weighted by Gasteiger charge is -2.31. The van der Waals surface area contributed by atoms with Crippen LogP contribution in [0, 0.1) is 5.41 Å². The van der Waals surface area contributed by atoms with Gasteiger partial charge in [-0.1, -0.05) is 12.1 Å². The molecule has 3 aliphatic heterocycles. The summed E-state index contributed by atoms with van der Waals surface area (Å²) in [5.41, 5.74) is 2.40. The predicted molar refractivity (Wildman–Crippen MR) is 112 cm³/mol. The van der Waals surface area contributed by atoms with Crippen LogP contribution in [0.4, 0.5) is 5.69 Å². The van der Waals surface area contributed by atoms with E-state index in [-0.39, 0.29) is 5.41 Å². The third kappa shape index (κ3) is 3.19. The Balaban J connectivity index is 1.25. The van der Waals surface area contributed by atoms with Crippen LogP contribution in [0.5, 0.6) is 0 Å². The molecular formula is C24H34N2O2. The number of hydrogen-bond donors (Lipinski definition) is 0. The lowest BCUT2D eigenvalue weighted by Crippen LogP contribution is -2.38. The highest BCUT2D eigenvalue weighted by atomic mass is 16.5. The van der Waals surface area contributed by atoms with Crippen LogP contribution in [0.3, 0.4) is 0 Å². The second kappa shape index (κ2) is 7.46. The van der Waals surface area contributed by atoms with E-state index in [2.05, 4.69) is 36.1 Å². The zero-order valence-corrected chi connectivity index (χ0v) is 17.2. The Morgan fingerprint density at radius 2 is 1.79 bits per heavy atom. The van der Waals surface area contributed by atoms with E-state index >= 15 is 0 Å². The molecule has 1 spiro atoms. The predicted octanol–water partition coefficient (Wildman–Crippen LogP) is 4.34. The van der Waals surface area contributed by atoms with E-state index in [0.717, 1.165) is 56.8 Å². The van der Waals surface area contributed by atoms with Gasteiger partial charge in [0.25, 0.3) is 0 Å². The summed E-state index contributed by atoms with van der Waals surface area (Å²) in [5.74, 6) is 1.01. The molecule has 1 amide bonds. The van der Waals surface area contributed by atoms with Gasteiger partial charge in [-0.25, -0.2) is 0 Å². The zero-order chi connectivity index (χ0) is 19.1. The number of amides is 1. The van der Waals surface area contributed by atoms with Gasteiger partial charge in [0.15, 0.2) is 0 Å². The Morgan fingerprint density at radius 3 is 2.50 bits per heavy atom. The first-order valence-corrected chi connectivity index (χ1v) is 11.4. The van der Waals surface area contributed by atoms with Gasteiger partial charge < -0.3 is 9.64 Å².